The van der Waals surface area contributed by atoms with Crippen molar-refractivity contribution in [3.63, 3.8) is 0 Å². The first-order valence-electron chi connectivity index (χ1n) is 8.00. The van der Waals surface area contributed by atoms with Gasteiger partial charge >= 0.3 is 0 Å². The Labute approximate surface area is 123 Å². The first-order chi connectivity index (χ1) is 9.45. The fraction of sp³-hybridized carbons (Fsp3) is 0.875. The maximum atomic E-state index is 12.5. The van der Waals surface area contributed by atoms with Crippen LogP contribution in [0.3, 0.4) is 0 Å². The van der Waals surface area contributed by atoms with Gasteiger partial charge in [0.25, 0.3) is 0 Å². The summed E-state index contributed by atoms with van der Waals surface area (Å²) in [6, 6.07) is 0.371. The quantitative estimate of drug-likeness (QED) is 0.751. The molecule has 116 valence electrons. The third-order valence-corrected chi connectivity index (χ3v) is 4.17. The summed E-state index contributed by atoms with van der Waals surface area (Å²) in [4.78, 5) is 27.8. The second kappa shape index (κ2) is 8.28. The van der Waals surface area contributed by atoms with Gasteiger partial charge in [0, 0.05) is 26.1 Å². The van der Waals surface area contributed by atoms with Crippen molar-refractivity contribution in [3.8, 4) is 0 Å². The zero-order chi connectivity index (χ0) is 15.1. The Kier molecular flexibility index (Phi) is 7.03. The summed E-state index contributed by atoms with van der Waals surface area (Å²) in [5.74, 6) is 0.671. The van der Waals surface area contributed by atoms with E-state index >= 15 is 0 Å². The highest BCUT2D eigenvalue weighted by Gasteiger charge is 2.26. The van der Waals surface area contributed by atoms with Crippen molar-refractivity contribution in [1.82, 2.24) is 9.80 Å². The van der Waals surface area contributed by atoms with E-state index < -0.39 is 0 Å². The van der Waals surface area contributed by atoms with E-state index in [1.165, 1.54) is 6.42 Å². The summed E-state index contributed by atoms with van der Waals surface area (Å²) < 4.78 is 0. The molecule has 4 heteroatoms. The molecule has 20 heavy (non-hydrogen) atoms. The number of likely N-dealkylation sites (tertiary alicyclic amines) is 1. The van der Waals surface area contributed by atoms with E-state index in [0.717, 1.165) is 32.2 Å². The van der Waals surface area contributed by atoms with Crippen molar-refractivity contribution in [2.24, 2.45) is 5.92 Å². The number of nitrogens with zero attached hydrogens (tertiary/aromatic N) is 2. The summed E-state index contributed by atoms with van der Waals surface area (Å²) in [5, 5.41) is 0. The van der Waals surface area contributed by atoms with Crippen molar-refractivity contribution in [1.29, 1.82) is 0 Å². The Balaban J connectivity index is 2.57. The molecular weight excluding hydrogens is 252 g/mol. The highest BCUT2D eigenvalue weighted by molar-refractivity contribution is 5.84. The number of amides is 2. The van der Waals surface area contributed by atoms with Gasteiger partial charge in [-0.05, 0) is 38.0 Å². The van der Waals surface area contributed by atoms with Crippen LogP contribution in [0.1, 0.15) is 59.8 Å². The van der Waals surface area contributed by atoms with Gasteiger partial charge in [-0.2, -0.15) is 0 Å². The minimum absolute atomic E-state index is 0.00376. The summed E-state index contributed by atoms with van der Waals surface area (Å²) in [7, 11) is 0. The van der Waals surface area contributed by atoms with Crippen molar-refractivity contribution < 1.29 is 9.59 Å². The number of carbonyl (C=O) groups excluding carboxylic acids is 2. The zero-order valence-electron chi connectivity index (χ0n) is 13.5. The molecule has 0 N–H and O–H groups in total. The van der Waals surface area contributed by atoms with E-state index in [9.17, 15) is 9.59 Å². The van der Waals surface area contributed by atoms with E-state index in [1.54, 1.807) is 11.8 Å². The molecule has 1 atom stereocenters. The van der Waals surface area contributed by atoms with Crippen LogP contribution >= 0.6 is 0 Å². The van der Waals surface area contributed by atoms with Crippen LogP contribution in [0, 0.1) is 5.92 Å². The number of piperidine rings is 1. The van der Waals surface area contributed by atoms with Gasteiger partial charge in [-0.3, -0.25) is 9.59 Å². The molecule has 1 aliphatic rings. The zero-order valence-corrected chi connectivity index (χ0v) is 13.5. The van der Waals surface area contributed by atoms with Gasteiger partial charge in [0.1, 0.15) is 0 Å². The molecule has 1 saturated heterocycles. The van der Waals surface area contributed by atoms with E-state index in [1.807, 2.05) is 4.90 Å². The van der Waals surface area contributed by atoms with Crippen LogP contribution in [0.15, 0.2) is 0 Å². The average molecular weight is 282 g/mol. The van der Waals surface area contributed by atoms with Crippen LogP contribution in [0.2, 0.25) is 0 Å². The first kappa shape index (κ1) is 17.0. The van der Waals surface area contributed by atoms with Crippen molar-refractivity contribution in [3.05, 3.63) is 0 Å². The predicted molar refractivity (Wildman–Crippen MR) is 81.4 cm³/mol. The number of hydrogen-bond donors (Lipinski definition) is 0. The fourth-order valence-electron chi connectivity index (χ4n) is 2.77. The minimum Gasteiger partial charge on any atom is -0.338 e. The Hall–Kier alpha value is -1.06. The lowest BCUT2D eigenvalue weighted by Crippen LogP contribution is -2.48. The largest absolute Gasteiger partial charge is 0.338 e. The standard InChI is InChI=1S/C16H30N2O2/c1-5-15-8-6-7-10-18(15)16(20)12-17(14(4)19)11-9-13(2)3/h13,15H,5-12H2,1-4H3. The molecular formula is C16H30N2O2. The van der Waals surface area contributed by atoms with Gasteiger partial charge in [-0.1, -0.05) is 20.8 Å². The molecule has 0 aliphatic carbocycles. The molecule has 1 fully saturated rings. The van der Waals surface area contributed by atoms with Crippen LogP contribution in [0.5, 0.6) is 0 Å². The summed E-state index contributed by atoms with van der Waals surface area (Å²) >= 11 is 0. The van der Waals surface area contributed by atoms with Crippen LogP contribution in [-0.4, -0.2) is 47.3 Å². The SMILES string of the molecule is CCC1CCCCN1C(=O)CN(CCC(C)C)C(C)=O. The fourth-order valence-corrected chi connectivity index (χ4v) is 2.77. The predicted octanol–water partition coefficient (Wildman–Crippen LogP) is 2.67. The molecule has 0 bridgehead atoms. The molecule has 0 saturated carbocycles. The highest BCUT2D eigenvalue weighted by atomic mass is 16.2. The van der Waals surface area contributed by atoms with Crippen LogP contribution in [0.25, 0.3) is 0 Å². The van der Waals surface area contributed by atoms with Crippen LogP contribution < -0.4 is 0 Å². The molecule has 1 heterocycles. The Morgan fingerprint density at radius 1 is 1.30 bits per heavy atom. The lowest BCUT2D eigenvalue weighted by atomic mass is 10.00. The normalized spacial score (nSPS) is 19.2. The summed E-state index contributed by atoms with van der Waals surface area (Å²) in [5.41, 5.74) is 0. The van der Waals surface area contributed by atoms with Gasteiger partial charge in [0.05, 0.1) is 6.54 Å². The Morgan fingerprint density at radius 2 is 2.00 bits per heavy atom. The van der Waals surface area contributed by atoms with Gasteiger partial charge in [0.2, 0.25) is 11.8 Å². The molecule has 1 aliphatic heterocycles. The van der Waals surface area contributed by atoms with Crippen molar-refractivity contribution in [2.45, 2.75) is 65.8 Å². The van der Waals surface area contributed by atoms with Crippen molar-refractivity contribution in [2.75, 3.05) is 19.6 Å². The Bertz CT molecular complexity index is 328. The maximum absolute atomic E-state index is 12.5. The van der Waals surface area contributed by atoms with Gasteiger partial charge < -0.3 is 9.80 Å². The molecule has 4 nitrogen and oxygen atoms in total. The van der Waals surface area contributed by atoms with Crippen LogP contribution in [-0.2, 0) is 9.59 Å². The average Bonchev–Trinajstić information content (AvgIpc) is 2.42. The van der Waals surface area contributed by atoms with Crippen molar-refractivity contribution >= 4 is 11.8 Å². The molecule has 0 aromatic heterocycles. The summed E-state index contributed by atoms with van der Waals surface area (Å²) in [6.07, 6.45) is 5.37. The molecule has 0 spiro atoms. The van der Waals surface area contributed by atoms with E-state index in [2.05, 4.69) is 20.8 Å². The van der Waals surface area contributed by atoms with E-state index in [-0.39, 0.29) is 18.4 Å². The summed E-state index contributed by atoms with van der Waals surface area (Å²) in [6.45, 7) is 9.75. The number of rotatable bonds is 6. The lowest BCUT2D eigenvalue weighted by molar-refractivity contribution is -0.142. The van der Waals surface area contributed by atoms with E-state index in [0.29, 0.717) is 18.5 Å². The third kappa shape index (κ3) is 5.14. The maximum Gasteiger partial charge on any atom is 0.242 e. The lowest BCUT2D eigenvalue weighted by Gasteiger charge is -2.36. The monoisotopic (exact) mass is 282 g/mol. The van der Waals surface area contributed by atoms with Gasteiger partial charge in [-0.25, -0.2) is 0 Å². The molecule has 0 aromatic carbocycles. The number of carbonyl (C=O) groups is 2. The molecule has 0 aromatic rings. The third-order valence-electron chi connectivity index (χ3n) is 4.17. The van der Waals surface area contributed by atoms with E-state index in [4.69, 9.17) is 0 Å². The smallest absolute Gasteiger partial charge is 0.242 e. The first-order valence-corrected chi connectivity index (χ1v) is 8.00. The molecule has 2 amide bonds. The number of hydrogen-bond acceptors (Lipinski definition) is 2. The minimum atomic E-state index is 0.00376. The molecule has 1 rings (SSSR count). The highest BCUT2D eigenvalue weighted by Crippen LogP contribution is 2.19. The van der Waals surface area contributed by atoms with Crippen LogP contribution in [0.4, 0.5) is 0 Å². The van der Waals surface area contributed by atoms with Gasteiger partial charge in [-0.15, -0.1) is 0 Å². The topological polar surface area (TPSA) is 40.6 Å². The molecule has 1 unspecified atom stereocenters. The second-order valence-corrected chi connectivity index (χ2v) is 6.27. The molecule has 0 radical (unpaired) electrons. The van der Waals surface area contributed by atoms with Gasteiger partial charge in [0.15, 0.2) is 0 Å². The Morgan fingerprint density at radius 3 is 2.55 bits per heavy atom. The second-order valence-electron chi connectivity index (χ2n) is 6.27.